The van der Waals surface area contributed by atoms with Crippen LogP contribution in [0.2, 0.25) is 5.82 Å². The molecule has 12 rings (SSSR count). The molecule has 0 spiro atoms. The number of hydrogen-bond donors (Lipinski definition) is 0. The highest BCUT2D eigenvalue weighted by Crippen LogP contribution is 2.57. The van der Waals surface area contributed by atoms with E-state index < -0.39 is 0 Å². The molecule has 386 valence electrons. The largest absolute Gasteiger partial charge is 0.359 e. The maximum absolute atomic E-state index is 3.15. The molecule has 0 radical (unpaired) electrons. The van der Waals surface area contributed by atoms with Crippen LogP contribution in [-0.2, 0) is 5.41 Å². The normalized spacial score (nSPS) is 32.7. The number of fused-ring (bicyclic) bond motifs is 4. The van der Waals surface area contributed by atoms with Crippen LogP contribution in [0.15, 0.2) is 167 Å². The van der Waals surface area contributed by atoms with Crippen molar-refractivity contribution in [1.82, 2.24) is 0 Å². The molecule has 2 aromatic rings. The maximum Gasteiger partial charge on any atom is 0.221 e. The minimum atomic E-state index is -0.0400. The van der Waals surface area contributed by atoms with E-state index >= 15 is 0 Å². The molecule has 74 heavy (non-hydrogen) atoms. The van der Waals surface area contributed by atoms with Gasteiger partial charge in [0.15, 0.2) is 0 Å². The van der Waals surface area contributed by atoms with Gasteiger partial charge in [-0.1, -0.05) is 206 Å². The van der Waals surface area contributed by atoms with Gasteiger partial charge in [-0.15, -0.1) is 0 Å². The van der Waals surface area contributed by atoms with Crippen molar-refractivity contribution in [2.75, 3.05) is 9.80 Å². The first-order valence-electron chi connectivity index (χ1n) is 30.0. The van der Waals surface area contributed by atoms with E-state index in [-0.39, 0.29) is 52.9 Å². The Hall–Kier alpha value is -4.76. The summed E-state index contributed by atoms with van der Waals surface area (Å²) < 4.78 is 0. The van der Waals surface area contributed by atoms with Gasteiger partial charge >= 0.3 is 0 Å². The van der Waals surface area contributed by atoms with Crippen LogP contribution in [0.5, 0.6) is 0 Å². The van der Waals surface area contributed by atoms with Crippen LogP contribution >= 0.6 is 0 Å². The zero-order chi connectivity index (χ0) is 51.1. The number of anilines is 2. The number of nitrogens with zero attached hydrogens (tertiary/aromatic N) is 2. The van der Waals surface area contributed by atoms with E-state index in [9.17, 15) is 0 Å². The van der Waals surface area contributed by atoms with E-state index in [2.05, 4.69) is 212 Å². The summed E-state index contributed by atoms with van der Waals surface area (Å²) in [6, 6.07) is 18.0. The zero-order valence-electron chi connectivity index (χ0n) is 47.0. The van der Waals surface area contributed by atoms with Crippen LogP contribution in [0.4, 0.5) is 11.4 Å². The van der Waals surface area contributed by atoms with E-state index in [0.29, 0.717) is 35.5 Å². The summed E-state index contributed by atoms with van der Waals surface area (Å²) in [6.07, 6.45) is 59.2. The molecular weight excluding hydrogens is 892 g/mol. The predicted molar refractivity (Wildman–Crippen MR) is 319 cm³/mol. The summed E-state index contributed by atoms with van der Waals surface area (Å²) >= 11 is 0. The van der Waals surface area contributed by atoms with Gasteiger partial charge in [0.25, 0.3) is 0 Å². The van der Waals surface area contributed by atoms with Crippen molar-refractivity contribution in [1.29, 1.82) is 0 Å². The highest BCUT2D eigenvalue weighted by Gasteiger charge is 2.57. The smallest absolute Gasteiger partial charge is 0.221 e. The third-order valence-electron chi connectivity index (χ3n) is 20.3. The number of hydrogen-bond acceptors (Lipinski definition) is 2. The van der Waals surface area contributed by atoms with Crippen LogP contribution < -0.4 is 15.3 Å². The topological polar surface area (TPSA) is 6.48 Å². The molecule has 0 aromatic heterocycles. The lowest BCUT2D eigenvalue weighted by Crippen LogP contribution is -2.67. The van der Waals surface area contributed by atoms with Crippen LogP contribution in [0.1, 0.15) is 163 Å². The van der Waals surface area contributed by atoms with Gasteiger partial charge in [-0.05, 0) is 169 Å². The Morgan fingerprint density at radius 3 is 1.97 bits per heavy atom. The van der Waals surface area contributed by atoms with Crippen molar-refractivity contribution >= 4 is 29.1 Å². The Kier molecular flexibility index (Phi) is 13.3. The minimum Gasteiger partial charge on any atom is -0.359 e. The molecule has 2 nitrogen and oxygen atoms in total. The second-order valence-corrected chi connectivity index (χ2v) is 27.9. The van der Waals surface area contributed by atoms with E-state index in [0.717, 1.165) is 12.8 Å². The molecule has 0 saturated heterocycles. The van der Waals surface area contributed by atoms with Gasteiger partial charge < -0.3 is 9.80 Å². The van der Waals surface area contributed by atoms with Gasteiger partial charge in [-0.2, -0.15) is 0 Å². The summed E-state index contributed by atoms with van der Waals surface area (Å²) in [5.74, 6) is 3.19. The maximum atomic E-state index is 3.15. The van der Waals surface area contributed by atoms with Crippen molar-refractivity contribution in [2.45, 2.75) is 188 Å². The predicted octanol–water partition coefficient (Wildman–Crippen LogP) is 17.6. The Morgan fingerprint density at radius 2 is 1.32 bits per heavy atom. The molecule has 2 aliphatic heterocycles. The molecule has 8 aliphatic carbocycles. The molecular formula is C71H89BN2. The van der Waals surface area contributed by atoms with Gasteiger partial charge in [0, 0.05) is 47.1 Å². The average molecular weight is 981 g/mol. The number of allylic oxidation sites excluding steroid dienone is 14. The summed E-state index contributed by atoms with van der Waals surface area (Å²) in [5.41, 5.74) is 17.7. The molecule has 0 N–H and O–H groups in total. The second-order valence-electron chi connectivity index (χ2n) is 27.9. The van der Waals surface area contributed by atoms with E-state index in [1.165, 1.54) is 111 Å². The Balaban J connectivity index is 1.16. The third-order valence-corrected chi connectivity index (χ3v) is 20.3. The van der Waals surface area contributed by atoms with Crippen molar-refractivity contribution in [3.05, 3.63) is 179 Å². The molecule has 0 fully saturated rings. The number of benzene rings is 2. The second kappa shape index (κ2) is 19.7. The molecule has 2 heterocycles. The zero-order valence-corrected chi connectivity index (χ0v) is 47.0. The van der Waals surface area contributed by atoms with Gasteiger partial charge in [-0.25, -0.2) is 0 Å². The molecule has 10 aliphatic rings. The quantitative estimate of drug-likeness (QED) is 0.201. The summed E-state index contributed by atoms with van der Waals surface area (Å²) in [7, 11) is 0. The lowest BCUT2D eigenvalue weighted by atomic mass is 9.27. The minimum absolute atomic E-state index is 0.0400. The molecule has 3 heteroatoms. The highest BCUT2D eigenvalue weighted by molar-refractivity contribution is 6.85. The molecule has 0 bridgehead atoms. The standard InChI is InChI=1S/C71H89BN2/c1-69(2,3)54-36-39-62(57(42-54)49-28-18-12-19-29-49)73-63-37-34-52(47-24-14-10-15-25-47)40-60(63)72-61-41-53(48-26-16-11-17-27-48)35-38-64(61)74(66-46-56(71(7,8)9)45-65(73)67(66)72)68-58(50-30-20-13-21-31-50)43-55(70(4,5)6)44-59(68)51-32-22-23-33-51/h10-11,14-17,22,24,26-28,30,32,34-36,38-41,44-47,51,54-55,57-58,61-64,68H,12-13,18-21,23,25,29,31,33,37,42-43H2,1-9H3. The lowest BCUT2D eigenvalue weighted by Gasteiger charge is -2.59. The van der Waals surface area contributed by atoms with E-state index in [1.54, 1.807) is 27.7 Å². The van der Waals surface area contributed by atoms with Crippen LogP contribution in [0.3, 0.4) is 0 Å². The molecule has 11 unspecified atom stereocenters. The molecule has 0 amide bonds. The monoisotopic (exact) mass is 981 g/mol. The first kappa shape index (κ1) is 50.1. The molecule has 2 aromatic carbocycles. The summed E-state index contributed by atoms with van der Waals surface area (Å²) in [5, 5.41) is 0. The highest BCUT2D eigenvalue weighted by atomic mass is 15.2. The van der Waals surface area contributed by atoms with Crippen molar-refractivity contribution in [3.8, 4) is 0 Å². The van der Waals surface area contributed by atoms with E-state index in [1.807, 2.05) is 0 Å². The molecule has 0 saturated carbocycles. The first-order valence-corrected chi connectivity index (χ1v) is 30.0. The Bertz CT molecular complexity index is 2830. The average Bonchev–Trinajstić information content (AvgIpc) is 3.99. The van der Waals surface area contributed by atoms with Crippen molar-refractivity contribution in [2.24, 2.45) is 46.3 Å². The SMILES string of the molecule is CC(C)(C)c1cc2c3c(c1)N(C1C(C4C=CCC4)=CC(C(C)(C)C)CC1C1=CCCCC1)C1C=CC(c4ccccc4)=CC1B3C1=CC(C3C=CC=CC3)=CCC1N2C1C=CC(C(C)(C)C)CC1C1=CCCCC1. The van der Waals surface area contributed by atoms with Gasteiger partial charge in [0.2, 0.25) is 6.71 Å². The third kappa shape index (κ3) is 9.18. The summed E-state index contributed by atoms with van der Waals surface area (Å²) in [4.78, 5) is 6.25. The van der Waals surface area contributed by atoms with Gasteiger partial charge in [0.1, 0.15) is 0 Å². The lowest BCUT2D eigenvalue weighted by molar-refractivity contribution is 0.218. The van der Waals surface area contributed by atoms with Crippen LogP contribution in [-0.4, -0.2) is 30.9 Å². The first-order chi connectivity index (χ1) is 35.6. The Morgan fingerprint density at radius 1 is 0.608 bits per heavy atom. The van der Waals surface area contributed by atoms with Crippen molar-refractivity contribution in [3.63, 3.8) is 0 Å². The Labute approximate surface area is 449 Å². The number of rotatable bonds is 7. The molecule has 11 atom stereocenters. The van der Waals surface area contributed by atoms with Gasteiger partial charge in [-0.3, -0.25) is 0 Å². The fourth-order valence-electron chi connectivity index (χ4n) is 16.1. The van der Waals surface area contributed by atoms with Crippen molar-refractivity contribution < 1.29 is 0 Å². The van der Waals surface area contributed by atoms with Crippen LogP contribution in [0.25, 0.3) is 5.57 Å². The fourth-order valence-corrected chi connectivity index (χ4v) is 16.1. The fraction of sp³-hybridized carbons (Fsp3) is 0.521. The summed E-state index contributed by atoms with van der Waals surface area (Å²) in [6.45, 7) is 22.8. The van der Waals surface area contributed by atoms with Crippen LogP contribution in [0, 0.1) is 46.3 Å². The van der Waals surface area contributed by atoms with E-state index in [4.69, 9.17) is 0 Å². The van der Waals surface area contributed by atoms with Gasteiger partial charge in [0.05, 0.1) is 12.1 Å².